The Morgan fingerprint density at radius 3 is 2.41 bits per heavy atom. The number of nitrogens with zero attached hydrogens (tertiary/aromatic N) is 2. The predicted molar refractivity (Wildman–Crippen MR) is 125 cm³/mol. The van der Waals surface area contributed by atoms with Gasteiger partial charge in [-0.15, -0.1) is 0 Å². The van der Waals surface area contributed by atoms with Crippen LogP contribution in [0.15, 0.2) is 29.1 Å². The predicted octanol–water partition coefficient (Wildman–Crippen LogP) is 3.73. The van der Waals surface area contributed by atoms with E-state index >= 15 is 0 Å². The number of carbonyl (C=O) groups is 2. The maximum atomic E-state index is 13.1. The third kappa shape index (κ3) is 4.26. The quantitative estimate of drug-likeness (QED) is 0.676. The lowest BCUT2D eigenvalue weighted by molar-refractivity contribution is -0.123. The van der Waals surface area contributed by atoms with Crippen LogP contribution in [0.3, 0.4) is 0 Å². The number of hydrogen-bond donors (Lipinski definition) is 3. The molecule has 0 aliphatic carbocycles. The van der Waals surface area contributed by atoms with Crippen molar-refractivity contribution in [3.8, 4) is 0 Å². The van der Waals surface area contributed by atoms with E-state index < -0.39 is 11.8 Å². The van der Waals surface area contributed by atoms with Crippen LogP contribution >= 0.6 is 0 Å². The van der Waals surface area contributed by atoms with Crippen LogP contribution in [0.2, 0.25) is 0 Å². The van der Waals surface area contributed by atoms with Gasteiger partial charge in [-0.25, -0.2) is 0 Å². The number of aromatic amines is 1. The summed E-state index contributed by atoms with van der Waals surface area (Å²) in [5.74, 6) is -0.600. The second-order valence-electron chi connectivity index (χ2n) is 9.26. The lowest BCUT2D eigenvalue weighted by Crippen LogP contribution is -2.46. The molecule has 1 aromatic heterocycles. The summed E-state index contributed by atoms with van der Waals surface area (Å²) in [6.45, 7) is 8.41. The minimum Gasteiger partial charge on any atom is -0.337 e. The van der Waals surface area contributed by atoms with Crippen LogP contribution in [0.1, 0.15) is 76.3 Å². The number of H-pyrrole nitrogens is 1. The number of anilines is 3. The lowest BCUT2D eigenvalue weighted by Gasteiger charge is -2.39. The molecule has 170 valence electrons. The first kappa shape index (κ1) is 22.0. The van der Waals surface area contributed by atoms with Crippen LogP contribution in [0.25, 0.3) is 0 Å². The molecule has 2 aliphatic rings. The van der Waals surface area contributed by atoms with E-state index in [9.17, 15) is 14.4 Å². The van der Waals surface area contributed by atoms with Gasteiger partial charge in [0.15, 0.2) is 0 Å². The maximum absolute atomic E-state index is 13.1. The van der Waals surface area contributed by atoms with E-state index in [0.717, 1.165) is 19.3 Å². The van der Waals surface area contributed by atoms with Crippen LogP contribution in [-0.4, -0.2) is 33.9 Å². The van der Waals surface area contributed by atoms with Crippen molar-refractivity contribution in [2.24, 2.45) is 0 Å². The number of fused-ring (bicyclic) bond motifs is 1. The molecule has 32 heavy (non-hydrogen) atoms. The van der Waals surface area contributed by atoms with Gasteiger partial charge in [-0.1, -0.05) is 26.0 Å². The minimum absolute atomic E-state index is 0.0937. The van der Waals surface area contributed by atoms with E-state index in [1.54, 1.807) is 0 Å². The van der Waals surface area contributed by atoms with Gasteiger partial charge in [0.25, 0.3) is 5.56 Å². The number of nitrogens with one attached hydrogen (secondary N) is 3. The van der Waals surface area contributed by atoms with Gasteiger partial charge in [0.05, 0.1) is 11.5 Å². The molecule has 3 atom stereocenters. The van der Waals surface area contributed by atoms with Crippen molar-refractivity contribution in [1.82, 2.24) is 9.97 Å². The zero-order chi connectivity index (χ0) is 23.0. The summed E-state index contributed by atoms with van der Waals surface area (Å²) in [5, 5.41) is 5.55. The zero-order valence-electron chi connectivity index (χ0n) is 19.1. The molecule has 0 saturated carbocycles. The van der Waals surface area contributed by atoms with Gasteiger partial charge in [0.2, 0.25) is 17.8 Å². The number of aromatic nitrogens is 2. The van der Waals surface area contributed by atoms with Gasteiger partial charge in [0.1, 0.15) is 5.82 Å². The van der Waals surface area contributed by atoms with Gasteiger partial charge in [0, 0.05) is 24.2 Å². The molecule has 2 amide bonds. The van der Waals surface area contributed by atoms with Crippen molar-refractivity contribution >= 4 is 29.3 Å². The van der Waals surface area contributed by atoms with Gasteiger partial charge >= 0.3 is 0 Å². The molecule has 8 heteroatoms. The van der Waals surface area contributed by atoms with E-state index in [4.69, 9.17) is 0 Å². The third-order valence-corrected chi connectivity index (χ3v) is 6.54. The van der Waals surface area contributed by atoms with Crippen LogP contribution < -0.4 is 21.1 Å². The SMILES string of the molecule is CC(C)c1ccc(NC(=O)[C@@H]2CC(=O)Nc3nc(N4[C@H](C)CCC[C@H]4C)[nH]c(=O)c32)cc1. The molecule has 4 rings (SSSR count). The van der Waals surface area contributed by atoms with Gasteiger partial charge in [-0.2, -0.15) is 4.98 Å². The van der Waals surface area contributed by atoms with Crippen LogP contribution in [-0.2, 0) is 9.59 Å². The van der Waals surface area contributed by atoms with Gasteiger partial charge in [-0.3, -0.25) is 19.4 Å². The van der Waals surface area contributed by atoms with Gasteiger partial charge in [-0.05, 0) is 56.7 Å². The van der Waals surface area contributed by atoms with Crippen molar-refractivity contribution in [2.45, 2.75) is 77.3 Å². The average molecular weight is 438 g/mol. The largest absolute Gasteiger partial charge is 0.337 e. The standard InChI is InChI=1S/C24H31N5O3/c1-13(2)16-8-10-17(11-9-16)25-22(31)18-12-19(30)26-21-20(18)23(32)28-24(27-21)29-14(3)6-5-7-15(29)4/h8-11,13-15,18H,5-7,12H2,1-4H3,(H,25,31)(H2,26,27,28,30,32)/t14-,15-,18-/m1/s1. The van der Waals surface area contributed by atoms with E-state index in [0.29, 0.717) is 17.6 Å². The normalized spacial score (nSPS) is 23.0. The number of piperidine rings is 1. The molecular weight excluding hydrogens is 406 g/mol. The third-order valence-electron chi connectivity index (χ3n) is 6.54. The fraction of sp³-hybridized carbons (Fsp3) is 0.500. The van der Waals surface area contributed by atoms with Gasteiger partial charge < -0.3 is 15.5 Å². The molecule has 2 aromatic rings. The smallest absolute Gasteiger partial charge is 0.258 e. The Hall–Kier alpha value is -3.16. The summed E-state index contributed by atoms with van der Waals surface area (Å²) < 4.78 is 0. The second-order valence-corrected chi connectivity index (χ2v) is 9.26. The first-order chi connectivity index (χ1) is 15.2. The molecule has 8 nitrogen and oxygen atoms in total. The number of rotatable bonds is 4. The Kier molecular flexibility index (Phi) is 6.04. The fourth-order valence-corrected chi connectivity index (χ4v) is 4.73. The Labute approximate surface area is 187 Å². The summed E-state index contributed by atoms with van der Waals surface area (Å²) in [6.07, 6.45) is 3.06. The van der Waals surface area contributed by atoms with Crippen LogP contribution in [0.5, 0.6) is 0 Å². The first-order valence-electron chi connectivity index (χ1n) is 11.4. The molecule has 0 spiro atoms. The molecule has 0 radical (unpaired) electrons. The first-order valence-corrected chi connectivity index (χ1v) is 11.4. The fourth-order valence-electron chi connectivity index (χ4n) is 4.73. The number of amides is 2. The second kappa shape index (κ2) is 8.76. The summed E-state index contributed by atoms with van der Waals surface area (Å²) in [7, 11) is 0. The Bertz CT molecular complexity index is 1070. The molecule has 1 fully saturated rings. The van der Waals surface area contributed by atoms with E-state index in [-0.39, 0.29) is 41.4 Å². The number of carbonyl (C=O) groups excluding carboxylic acids is 2. The maximum Gasteiger partial charge on any atom is 0.258 e. The molecule has 3 N–H and O–H groups in total. The molecule has 1 aromatic carbocycles. The molecule has 3 heterocycles. The average Bonchev–Trinajstić information content (AvgIpc) is 2.73. The Morgan fingerprint density at radius 2 is 1.78 bits per heavy atom. The van der Waals surface area contributed by atoms with E-state index in [1.807, 2.05) is 24.3 Å². The Morgan fingerprint density at radius 1 is 1.12 bits per heavy atom. The highest BCUT2D eigenvalue weighted by molar-refractivity contribution is 6.04. The van der Waals surface area contributed by atoms with Crippen LogP contribution in [0.4, 0.5) is 17.5 Å². The van der Waals surface area contributed by atoms with E-state index in [2.05, 4.69) is 53.2 Å². The molecular formula is C24H31N5O3. The number of benzene rings is 1. The summed E-state index contributed by atoms with van der Waals surface area (Å²) in [5.41, 5.74) is 1.62. The summed E-state index contributed by atoms with van der Waals surface area (Å²) in [4.78, 5) is 48.1. The Balaban J connectivity index is 1.63. The molecule has 0 bridgehead atoms. The molecule has 1 saturated heterocycles. The van der Waals surface area contributed by atoms with E-state index in [1.165, 1.54) is 5.56 Å². The highest BCUT2D eigenvalue weighted by Crippen LogP contribution is 2.32. The highest BCUT2D eigenvalue weighted by atomic mass is 16.2. The number of hydrogen-bond acceptors (Lipinski definition) is 5. The zero-order valence-corrected chi connectivity index (χ0v) is 19.1. The summed E-state index contributed by atoms with van der Waals surface area (Å²) >= 11 is 0. The van der Waals surface area contributed by atoms with Crippen molar-refractivity contribution in [1.29, 1.82) is 0 Å². The highest BCUT2D eigenvalue weighted by Gasteiger charge is 2.36. The van der Waals surface area contributed by atoms with Crippen molar-refractivity contribution in [3.63, 3.8) is 0 Å². The lowest BCUT2D eigenvalue weighted by atomic mass is 9.92. The van der Waals surface area contributed by atoms with Crippen molar-refractivity contribution in [3.05, 3.63) is 45.7 Å². The molecule has 0 unspecified atom stereocenters. The van der Waals surface area contributed by atoms with Crippen molar-refractivity contribution < 1.29 is 9.59 Å². The van der Waals surface area contributed by atoms with Crippen molar-refractivity contribution in [2.75, 3.05) is 15.5 Å². The topological polar surface area (TPSA) is 107 Å². The minimum atomic E-state index is -0.898. The molecule has 2 aliphatic heterocycles. The monoisotopic (exact) mass is 437 g/mol. The summed E-state index contributed by atoms with van der Waals surface area (Å²) in [6, 6.07) is 8.05. The van der Waals surface area contributed by atoms with Crippen LogP contribution in [0, 0.1) is 0 Å².